The lowest BCUT2D eigenvalue weighted by molar-refractivity contribution is 0.296. The summed E-state index contributed by atoms with van der Waals surface area (Å²) in [6, 6.07) is 4.19. The highest BCUT2D eigenvalue weighted by Gasteiger charge is 2.14. The minimum Gasteiger partial charge on any atom is -0.396 e. The maximum Gasteiger partial charge on any atom is 0.240 e. The number of thioether (sulfide) groups is 1. The van der Waals surface area contributed by atoms with Crippen molar-refractivity contribution in [3.8, 4) is 0 Å². The Kier molecular flexibility index (Phi) is 7.49. The third-order valence-electron chi connectivity index (χ3n) is 2.13. The molecule has 0 heterocycles. The first-order valence-corrected chi connectivity index (χ1v) is 8.99. The lowest BCUT2D eigenvalue weighted by atomic mass is 10.4. The molecule has 0 aromatic heterocycles. The predicted octanol–water partition coefficient (Wildman–Crippen LogP) is 2.39. The van der Waals surface area contributed by atoms with Crippen LogP contribution in [0.1, 0.15) is 6.42 Å². The Balaban J connectivity index is 2.51. The van der Waals surface area contributed by atoms with E-state index in [1.54, 1.807) is 11.8 Å². The highest BCUT2D eigenvalue weighted by Crippen LogP contribution is 2.22. The van der Waals surface area contributed by atoms with E-state index in [1.807, 2.05) is 0 Å². The van der Waals surface area contributed by atoms with Crippen molar-refractivity contribution in [3.05, 3.63) is 28.2 Å². The van der Waals surface area contributed by atoms with E-state index in [1.165, 1.54) is 18.2 Å². The lowest BCUT2D eigenvalue weighted by Crippen LogP contribution is -2.26. The van der Waals surface area contributed by atoms with Crippen molar-refractivity contribution >= 4 is 45.0 Å². The lowest BCUT2D eigenvalue weighted by Gasteiger charge is -2.07. The molecule has 0 aliphatic rings. The maximum absolute atomic E-state index is 11.9. The average Bonchev–Trinajstić information content (AvgIpc) is 2.32. The zero-order valence-corrected chi connectivity index (χ0v) is 13.2. The van der Waals surface area contributed by atoms with Gasteiger partial charge in [0.05, 0.1) is 4.90 Å². The van der Waals surface area contributed by atoms with Crippen LogP contribution in [0.5, 0.6) is 0 Å². The van der Waals surface area contributed by atoms with Gasteiger partial charge in [0, 0.05) is 28.9 Å². The summed E-state index contributed by atoms with van der Waals surface area (Å²) in [6.07, 6.45) is 0.710. The molecule has 1 rings (SSSR count). The molecule has 0 aliphatic heterocycles. The van der Waals surface area contributed by atoms with Crippen LogP contribution < -0.4 is 4.72 Å². The van der Waals surface area contributed by atoms with Gasteiger partial charge in [0.2, 0.25) is 10.0 Å². The van der Waals surface area contributed by atoms with E-state index in [9.17, 15) is 8.42 Å². The molecule has 0 saturated carbocycles. The fraction of sp³-hybridized carbons (Fsp3) is 0.455. The molecule has 1 aromatic rings. The highest BCUT2D eigenvalue weighted by molar-refractivity contribution is 7.99. The van der Waals surface area contributed by atoms with Crippen LogP contribution in [0, 0.1) is 0 Å². The van der Waals surface area contributed by atoms with Gasteiger partial charge in [-0.05, 0) is 30.4 Å². The highest BCUT2D eigenvalue weighted by atomic mass is 35.5. The van der Waals surface area contributed by atoms with Gasteiger partial charge in [0.25, 0.3) is 0 Å². The normalized spacial score (nSPS) is 11.7. The Labute approximate surface area is 127 Å². The zero-order chi connectivity index (χ0) is 14.3. The van der Waals surface area contributed by atoms with Crippen molar-refractivity contribution < 1.29 is 13.5 Å². The van der Waals surface area contributed by atoms with Crippen LogP contribution in [0.15, 0.2) is 23.1 Å². The van der Waals surface area contributed by atoms with Gasteiger partial charge >= 0.3 is 0 Å². The van der Waals surface area contributed by atoms with Crippen LogP contribution in [0.4, 0.5) is 0 Å². The van der Waals surface area contributed by atoms with Crippen molar-refractivity contribution in [2.75, 3.05) is 24.7 Å². The predicted molar refractivity (Wildman–Crippen MR) is 80.7 cm³/mol. The SMILES string of the molecule is O=S(=O)(NCCSCCCO)c1cc(Cl)cc(Cl)c1. The van der Waals surface area contributed by atoms with E-state index in [-0.39, 0.29) is 21.5 Å². The van der Waals surface area contributed by atoms with Crippen LogP contribution in [-0.2, 0) is 10.0 Å². The summed E-state index contributed by atoms with van der Waals surface area (Å²) in [5, 5.41) is 9.17. The monoisotopic (exact) mass is 343 g/mol. The van der Waals surface area contributed by atoms with Crippen LogP contribution in [0.25, 0.3) is 0 Å². The molecule has 0 spiro atoms. The quantitative estimate of drug-likeness (QED) is 0.711. The first-order valence-electron chi connectivity index (χ1n) is 5.60. The second kappa shape index (κ2) is 8.34. The second-order valence-corrected chi connectivity index (χ2v) is 7.56. The number of nitrogens with one attached hydrogen (secondary N) is 1. The van der Waals surface area contributed by atoms with Gasteiger partial charge in [0.1, 0.15) is 0 Å². The molecule has 19 heavy (non-hydrogen) atoms. The van der Waals surface area contributed by atoms with Crippen LogP contribution in [-0.4, -0.2) is 38.2 Å². The van der Waals surface area contributed by atoms with Crippen LogP contribution in [0.2, 0.25) is 10.0 Å². The summed E-state index contributed by atoms with van der Waals surface area (Å²) in [6.45, 7) is 0.475. The second-order valence-electron chi connectivity index (χ2n) is 3.69. The molecule has 0 bridgehead atoms. The van der Waals surface area contributed by atoms with Crippen LogP contribution in [0.3, 0.4) is 0 Å². The Bertz CT molecular complexity index is 488. The molecule has 0 fully saturated rings. The van der Waals surface area contributed by atoms with Gasteiger partial charge in [0.15, 0.2) is 0 Å². The molecule has 0 aliphatic carbocycles. The molecule has 0 amide bonds. The van der Waals surface area contributed by atoms with Crippen molar-refractivity contribution in [3.63, 3.8) is 0 Å². The Morgan fingerprint density at radius 2 is 1.79 bits per heavy atom. The number of rotatable bonds is 8. The summed E-state index contributed by atoms with van der Waals surface area (Å²) in [7, 11) is -3.58. The number of hydrogen-bond donors (Lipinski definition) is 2. The van der Waals surface area contributed by atoms with Crippen molar-refractivity contribution in [1.29, 1.82) is 0 Å². The molecule has 4 nitrogen and oxygen atoms in total. The standard InChI is InChI=1S/C11H15Cl2NO3S2/c12-9-6-10(13)8-11(7-9)19(16,17)14-2-5-18-4-1-3-15/h6-8,14-15H,1-5H2. The van der Waals surface area contributed by atoms with Crippen LogP contribution >= 0.6 is 35.0 Å². The molecule has 0 saturated heterocycles. The topological polar surface area (TPSA) is 66.4 Å². The fourth-order valence-corrected chi connectivity index (χ4v) is 3.95. The third-order valence-corrected chi connectivity index (χ3v) is 5.08. The smallest absolute Gasteiger partial charge is 0.240 e. The Morgan fingerprint density at radius 1 is 1.16 bits per heavy atom. The van der Waals surface area contributed by atoms with E-state index < -0.39 is 10.0 Å². The number of sulfonamides is 1. The summed E-state index contributed by atoms with van der Waals surface area (Å²) in [5.74, 6) is 1.45. The molecule has 0 radical (unpaired) electrons. The molecule has 2 N–H and O–H groups in total. The van der Waals surface area contributed by atoms with E-state index >= 15 is 0 Å². The van der Waals surface area contributed by atoms with Gasteiger partial charge in [-0.15, -0.1) is 0 Å². The molecule has 8 heteroatoms. The van der Waals surface area contributed by atoms with Crippen molar-refractivity contribution in [1.82, 2.24) is 4.72 Å². The molecule has 108 valence electrons. The summed E-state index contributed by atoms with van der Waals surface area (Å²) in [5.41, 5.74) is 0. The molecular weight excluding hydrogens is 329 g/mol. The van der Waals surface area contributed by atoms with Gasteiger partial charge in [-0.1, -0.05) is 23.2 Å². The van der Waals surface area contributed by atoms with E-state index in [0.29, 0.717) is 18.7 Å². The van der Waals surface area contributed by atoms with Gasteiger partial charge < -0.3 is 5.11 Å². The average molecular weight is 344 g/mol. The first-order chi connectivity index (χ1) is 8.95. The summed E-state index contributed by atoms with van der Waals surface area (Å²) >= 11 is 13.1. The van der Waals surface area contributed by atoms with Gasteiger partial charge in [-0.3, -0.25) is 0 Å². The molecule has 0 unspecified atom stereocenters. The maximum atomic E-state index is 11.9. The van der Waals surface area contributed by atoms with Crippen molar-refractivity contribution in [2.24, 2.45) is 0 Å². The minimum absolute atomic E-state index is 0.0605. The number of aliphatic hydroxyl groups excluding tert-OH is 1. The fourth-order valence-electron chi connectivity index (χ4n) is 1.28. The van der Waals surface area contributed by atoms with Gasteiger partial charge in [-0.25, -0.2) is 13.1 Å². The zero-order valence-electron chi connectivity index (χ0n) is 10.1. The molecule has 1 aromatic carbocycles. The molecular formula is C11H15Cl2NO3S2. The minimum atomic E-state index is -3.58. The van der Waals surface area contributed by atoms with E-state index in [4.69, 9.17) is 28.3 Å². The number of halogens is 2. The largest absolute Gasteiger partial charge is 0.396 e. The summed E-state index contributed by atoms with van der Waals surface area (Å²) < 4.78 is 26.4. The molecule has 0 atom stereocenters. The summed E-state index contributed by atoms with van der Waals surface area (Å²) in [4.78, 5) is 0.0605. The van der Waals surface area contributed by atoms with E-state index in [0.717, 1.165) is 5.75 Å². The van der Waals surface area contributed by atoms with Gasteiger partial charge in [-0.2, -0.15) is 11.8 Å². The van der Waals surface area contributed by atoms with Crippen molar-refractivity contribution in [2.45, 2.75) is 11.3 Å². The number of benzene rings is 1. The van der Waals surface area contributed by atoms with E-state index in [2.05, 4.69) is 4.72 Å². The first kappa shape index (κ1) is 17.1. The number of aliphatic hydroxyl groups is 1. The Morgan fingerprint density at radius 3 is 2.37 bits per heavy atom. The number of hydrogen-bond acceptors (Lipinski definition) is 4. The third kappa shape index (κ3) is 6.33. The Hall–Kier alpha value is 0.0200.